The monoisotopic (exact) mass is 370 g/mol. The number of alkyl halides is 6. The van der Waals surface area contributed by atoms with E-state index in [0.29, 0.717) is 8.92 Å². The molecule has 0 saturated heterocycles. The summed E-state index contributed by atoms with van der Waals surface area (Å²) >= 11 is -0.339. The average molecular weight is 369 g/mol. The van der Waals surface area contributed by atoms with Crippen LogP contribution < -0.4 is 8.92 Å². The molecule has 0 spiro atoms. The third-order valence-corrected chi connectivity index (χ3v) is 4.73. The minimum absolute atomic E-state index is 0.339. The van der Waals surface area contributed by atoms with Gasteiger partial charge in [-0.15, -0.1) is 0 Å². The number of hydrogen-bond acceptors (Lipinski definition) is 0. The molecule has 21 heavy (non-hydrogen) atoms. The van der Waals surface area contributed by atoms with Crippen LogP contribution in [0, 0.1) is 0 Å². The summed E-state index contributed by atoms with van der Waals surface area (Å²) in [7, 11) is 0. The van der Waals surface area contributed by atoms with Crippen molar-refractivity contribution >= 4 is 23.9 Å². The van der Waals surface area contributed by atoms with Crippen LogP contribution in [0.15, 0.2) is 48.5 Å². The molecule has 0 fully saturated rings. The Morgan fingerprint density at radius 1 is 0.524 bits per heavy atom. The Morgan fingerprint density at radius 2 is 0.810 bits per heavy atom. The molecule has 0 heterocycles. The van der Waals surface area contributed by atoms with Crippen LogP contribution in [0.3, 0.4) is 0 Å². The second-order valence-corrected chi connectivity index (χ2v) is 6.55. The van der Waals surface area contributed by atoms with E-state index in [1.807, 2.05) is 0 Å². The van der Waals surface area contributed by atoms with Gasteiger partial charge in [0.2, 0.25) is 0 Å². The SMILES string of the molecule is FC(F)(F)c1ccc([Se]c2ccc(C(F)(F)F)cc2)cc1. The van der Waals surface area contributed by atoms with Crippen LogP contribution in [0.5, 0.6) is 0 Å². The van der Waals surface area contributed by atoms with Crippen LogP contribution in [0.1, 0.15) is 11.1 Å². The van der Waals surface area contributed by atoms with E-state index in [1.54, 1.807) is 0 Å². The molecule has 2 aromatic carbocycles. The fourth-order valence-corrected chi connectivity index (χ4v) is 3.27. The molecule has 0 nitrogen and oxygen atoms in total. The van der Waals surface area contributed by atoms with Gasteiger partial charge in [-0.3, -0.25) is 0 Å². The molecule has 0 radical (unpaired) electrons. The Morgan fingerprint density at radius 3 is 1.05 bits per heavy atom. The molecule has 0 aromatic heterocycles. The summed E-state index contributed by atoms with van der Waals surface area (Å²) in [6.45, 7) is 0. The topological polar surface area (TPSA) is 0 Å². The van der Waals surface area contributed by atoms with E-state index in [2.05, 4.69) is 0 Å². The van der Waals surface area contributed by atoms with Gasteiger partial charge in [-0.05, 0) is 0 Å². The van der Waals surface area contributed by atoms with E-state index in [0.717, 1.165) is 24.3 Å². The van der Waals surface area contributed by atoms with Crippen LogP contribution in [-0.2, 0) is 12.4 Å². The molecule has 0 unspecified atom stereocenters. The Balaban J connectivity index is 2.12. The third-order valence-electron chi connectivity index (χ3n) is 2.60. The van der Waals surface area contributed by atoms with Crippen molar-refractivity contribution in [2.45, 2.75) is 12.4 Å². The fraction of sp³-hybridized carbons (Fsp3) is 0.143. The predicted molar refractivity (Wildman–Crippen MR) is 67.9 cm³/mol. The summed E-state index contributed by atoms with van der Waals surface area (Å²) in [5.41, 5.74) is -1.48. The van der Waals surface area contributed by atoms with E-state index < -0.39 is 23.5 Å². The molecule has 0 atom stereocenters. The first-order valence-electron chi connectivity index (χ1n) is 5.68. The van der Waals surface area contributed by atoms with Crippen LogP contribution in [0.25, 0.3) is 0 Å². The van der Waals surface area contributed by atoms with Gasteiger partial charge >= 0.3 is 122 Å². The number of halogens is 6. The first kappa shape index (κ1) is 15.9. The molecule has 7 heteroatoms. The van der Waals surface area contributed by atoms with Crippen molar-refractivity contribution in [3.05, 3.63) is 59.7 Å². The van der Waals surface area contributed by atoms with Crippen molar-refractivity contribution in [2.24, 2.45) is 0 Å². The van der Waals surface area contributed by atoms with Crippen molar-refractivity contribution in [1.82, 2.24) is 0 Å². The minimum atomic E-state index is -4.39. The molecular formula is C14H8F6Se. The number of benzene rings is 2. The first-order valence-corrected chi connectivity index (χ1v) is 7.40. The molecule has 112 valence electrons. The zero-order chi connectivity index (χ0) is 15.7. The zero-order valence-corrected chi connectivity index (χ0v) is 12.0. The molecule has 0 aliphatic carbocycles. The van der Waals surface area contributed by atoms with Crippen molar-refractivity contribution in [3.63, 3.8) is 0 Å². The summed E-state index contributed by atoms with van der Waals surface area (Å²) in [6.07, 6.45) is -8.78. The number of hydrogen-bond donors (Lipinski definition) is 0. The molecule has 0 aliphatic heterocycles. The quantitative estimate of drug-likeness (QED) is 0.563. The molecule has 0 saturated carbocycles. The van der Waals surface area contributed by atoms with Crippen LogP contribution in [0.2, 0.25) is 0 Å². The van der Waals surface area contributed by atoms with Crippen LogP contribution in [-0.4, -0.2) is 15.0 Å². The van der Waals surface area contributed by atoms with Crippen molar-refractivity contribution in [3.8, 4) is 0 Å². The fourth-order valence-electron chi connectivity index (χ4n) is 1.56. The summed E-state index contributed by atoms with van der Waals surface area (Å²) in [5, 5.41) is 0. The van der Waals surface area contributed by atoms with E-state index in [-0.39, 0.29) is 15.0 Å². The molecule has 0 N–H and O–H groups in total. The van der Waals surface area contributed by atoms with Gasteiger partial charge in [0.1, 0.15) is 0 Å². The van der Waals surface area contributed by atoms with Gasteiger partial charge in [-0.1, -0.05) is 0 Å². The maximum absolute atomic E-state index is 12.4. The zero-order valence-electron chi connectivity index (χ0n) is 10.3. The van der Waals surface area contributed by atoms with Crippen LogP contribution >= 0.6 is 0 Å². The number of rotatable bonds is 2. The second-order valence-electron chi connectivity index (χ2n) is 4.15. The second kappa shape index (κ2) is 5.73. The summed E-state index contributed by atoms with van der Waals surface area (Å²) in [5.74, 6) is 0. The van der Waals surface area contributed by atoms with E-state index >= 15 is 0 Å². The summed E-state index contributed by atoms with van der Waals surface area (Å²) < 4.78 is 75.7. The van der Waals surface area contributed by atoms with E-state index in [9.17, 15) is 26.3 Å². The van der Waals surface area contributed by atoms with E-state index in [4.69, 9.17) is 0 Å². The van der Waals surface area contributed by atoms with Gasteiger partial charge in [-0.2, -0.15) is 0 Å². The Bertz CT molecular complexity index is 540. The summed E-state index contributed by atoms with van der Waals surface area (Å²) in [4.78, 5) is 0. The van der Waals surface area contributed by atoms with Crippen molar-refractivity contribution in [1.29, 1.82) is 0 Å². The third kappa shape index (κ3) is 4.25. The molecule has 2 rings (SSSR count). The maximum atomic E-state index is 12.4. The molecular weight excluding hydrogens is 361 g/mol. The van der Waals surface area contributed by atoms with Gasteiger partial charge in [0.15, 0.2) is 0 Å². The molecule has 0 aliphatic rings. The van der Waals surface area contributed by atoms with Crippen LogP contribution in [0.4, 0.5) is 26.3 Å². The molecule has 2 aromatic rings. The van der Waals surface area contributed by atoms with Gasteiger partial charge in [0, 0.05) is 0 Å². The molecule has 0 amide bonds. The van der Waals surface area contributed by atoms with Gasteiger partial charge in [0.05, 0.1) is 0 Å². The van der Waals surface area contributed by atoms with Gasteiger partial charge < -0.3 is 0 Å². The van der Waals surface area contributed by atoms with E-state index in [1.165, 1.54) is 24.3 Å². The summed E-state index contributed by atoms with van der Waals surface area (Å²) in [6, 6.07) is 9.28. The standard InChI is InChI=1S/C14H8F6Se/c15-13(16,17)9-1-5-11(6-2-9)21-12-7-3-10(4-8-12)14(18,19)20/h1-8H. The van der Waals surface area contributed by atoms with Gasteiger partial charge in [0.25, 0.3) is 0 Å². The Hall–Kier alpha value is -1.46. The first-order chi connectivity index (χ1) is 9.66. The van der Waals surface area contributed by atoms with Crippen molar-refractivity contribution < 1.29 is 26.3 Å². The van der Waals surface area contributed by atoms with Gasteiger partial charge in [-0.25, -0.2) is 0 Å². The predicted octanol–water partition coefficient (Wildman–Crippen LogP) is 3.38. The Labute approximate surface area is 122 Å². The average Bonchev–Trinajstić information content (AvgIpc) is 2.38. The molecule has 0 bridgehead atoms. The van der Waals surface area contributed by atoms with Crippen molar-refractivity contribution in [2.75, 3.05) is 0 Å². The Kier molecular flexibility index (Phi) is 4.35. The normalized spacial score (nSPS) is 12.5.